The molecular formula is C31H37BrCl4N4O3. The number of nitrogens with one attached hydrogen (secondary N) is 2. The second kappa shape index (κ2) is 17.5. The van der Waals surface area contributed by atoms with Crippen LogP contribution in [0.4, 0.5) is 17.2 Å². The van der Waals surface area contributed by atoms with E-state index in [0.717, 1.165) is 23.9 Å². The summed E-state index contributed by atoms with van der Waals surface area (Å²) in [5, 5.41) is 6.61. The predicted molar refractivity (Wildman–Crippen MR) is 183 cm³/mol. The molecule has 0 spiro atoms. The Morgan fingerprint density at radius 1 is 0.860 bits per heavy atom. The van der Waals surface area contributed by atoms with Gasteiger partial charge in [0, 0.05) is 24.1 Å². The molecule has 2 N–H and O–H groups in total. The van der Waals surface area contributed by atoms with Crippen LogP contribution >= 0.6 is 62.3 Å². The molecule has 0 saturated heterocycles. The summed E-state index contributed by atoms with van der Waals surface area (Å²) in [5.74, 6) is -0.453. The van der Waals surface area contributed by atoms with E-state index in [1.807, 2.05) is 0 Å². The maximum Gasteiger partial charge on any atom is 0.287 e. The minimum absolute atomic E-state index is 0.0479. The largest absolute Gasteiger partial charge is 0.326 e. The van der Waals surface area contributed by atoms with E-state index >= 15 is 0 Å². The first-order valence-electron chi connectivity index (χ1n) is 14.6. The number of hydrogen-bond acceptors (Lipinski definition) is 3. The second-order valence-corrected chi connectivity index (χ2v) is 12.9. The molecule has 43 heavy (non-hydrogen) atoms. The van der Waals surface area contributed by atoms with Crippen LogP contribution in [0.15, 0.2) is 39.6 Å². The van der Waals surface area contributed by atoms with Gasteiger partial charge in [-0.3, -0.25) is 24.4 Å². The lowest BCUT2D eigenvalue weighted by Gasteiger charge is -2.22. The number of benzene rings is 2. The molecule has 0 bridgehead atoms. The van der Waals surface area contributed by atoms with Gasteiger partial charge in [0.15, 0.2) is 5.82 Å². The van der Waals surface area contributed by atoms with E-state index in [1.165, 1.54) is 75.3 Å². The van der Waals surface area contributed by atoms with Crippen LogP contribution in [0.5, 0.6) is 0 Å². The van der Waals surface area contributed by atoms with Crippen molar-refractivity contribution in [1.29, 1.82) is 0 Å². The summed E-state index contributed by atoms with van der Waals surface area (Å²) in [4.78, 5) is 40.0. The molecule has 0 aliphatic rings. The highest BCUT2D eigenvalue weighted by Gasteiger charge is 2.26. The van der Waals surface area contributed by atoms with Crippen LogP contribution in [0.3, 0.4) is 0 Å². The summed E-state index contributed by atoms with van der Waals surface area (Å²) < 4.78 is 1.16. The van der Waals surface area contributed by atoms with Gasteiger partial charge in [0.05, 0.1) is 20.8 Å². The van der Waals surface area contributed by atoms with E-state index in [1.54, 1.807) is 18.2 Å². The highest BCUT2D eigenvalue weighted by molar-refractivity contribution is 9.10. The summed E-state index contributed by atoms with van der Waals surface area (Å²) in [5.41, 5.74) is 0.368. The second-order valence-electron chi connectivity index (χ2n) is 10.5. The van der Waals surface area contributed by atoms with Gasteiger partial charge >= 0.3 is 0 Å². The maximum absolute atomic E-state index is 13.2. The number of aromatic nitrogens is 2. The maximum atomic E-state index is 13.2. The molecule has 0 atom stereocenters. The fraction of sp³-hybridized carbons (Fsp3) is 0.452. The Morgan fingerprint density at radius 2 is 1.42 bits per heavy atom. The standard InChI is InChI=1S/C31H37BrCl4N4O3/c1-3-4-5-6-7-8-9-10-11-12-13-14-27(42)37-22-15-16-23(34)26(19-22)39(20(2)41)30-28(32)31(43)40(38-30)29-24(35)17-21(33)18-25(29)36/h15-19,38H,3-14H2,1-2H3,(H,37,42). The average molecular weight is 735 g/mol. The first-order chi connectivity index (χ1) is 20.5. The zero-order chi connectivity index (χ0) is 31.5. The molecule has 12 heteroatoms. The molecule has 1 heterocycles. The normalized spacial score (nSPS) is 11.1. The first kappa shape index (κ1) is 35.5. The van der Waals surface area contributed by atoms with E-state index in [0.29, 0.717) is 17.1 Å². The number of anilines is 3. The molecule has 0 aliphatic heterocycles. The Kier molecular flexibility index (Phi) is 14.5. The van der Waals surface area contributed by atoms with Crippen LogP contribution < -0.4 is 15.8 Å². The van der Waals surface area contributed by atoms with E-state index in [-0.39, 0.29) is 42.6 Å². The van der Waals surface area contributed by atoms with E-state index in [2.05, 4.69) is 33.3 Å². The van der Waals surface area contributed by atoms with Gasteiger partial charge < -0.3 is 5.32 Å². The quantitative estimate of drug-likeness (QED) is 0.144. The van der Waals surface area contributed by atoms with Gasteiger partial charge in [-0.2, -0.15) is 0 Å². The third-order valence-corrected chi connectivity index (χ3v) is 8.87. The Morgan fingerprint density at radius 3 is 1.98 bits per heavy atom. The molecule has 2 amide bonds. The number of amides is 2. The third kappa shape index (κ3) is 10.0. The van der Waals surface area contributed by atoms with Crippen molar-refractivity contribution in [3.63, 3.8) is 0 Å². The Balaban J connectivity index is 1.67. The first-order valence-corrected chi connectivity index (χ1v) is 16.9. The molecule has 2 aromatic carbocycles. The van der Waals surface area contributed by atoms with Crippen LogP contribution in [0.2, 0.25) is 20.1 Å². The van der Waals surface area contributed by atoms with Gasteiger partial charge in [-0.1, -0.05) is 118 Å². The van der Waals surface area contributed by atoms with Crippen molar-refractivity contribution in [2.45, 2.75) is 90.9 Å². The van der Waals surface area contributed by atoms with Crippen molar-refractivity contribution >= 4 is 91.3 Å². The van der Waals surface area contributed by atoms with Gasteiger partial charge in [0.1, 0.15) is 10.2 Å². The van der Waals surface area contributed by atoms with Gasteiger partial charge in [-0.05, 0) is 52.7 Å². The number of halogens is 5. The number of carbonyl (C=O) groups is 2. The van der Waals surface area contributed by atoms with Crippen LogP contribution in [-0.2, 0) is 9.59 Å². The molecule has 0 radical (unpaired) electrons. The Labute approximate surface area is 281 Å². The van der Waals surface area contributed by atoms with Gasteiger partial charge in [-0.15, -0.1) is 0 Å². The van der Waals surface area contributed by atoms with Crippen molar-refractivity contribution < 1.29 is 9.59 Å². The fourth-order valence-corrected chi connectivity index (χ4v) is 6.47. The third-order valence-electron chi connectivity index (χ3n) is 7.04. The summed E-state index contributed by atoms with van der Waals surface area (Å²) in [6, 6.07) is 7.74. The van der Waals surface area contributed by atoms with Crippen LogP contribution in [0, 0.1) is 0 Å². The van der Waals surface area contributed by atoms with Crippen molar-refractivity contribution in [2.24, 2.45) is 0 Å². The zero-order valence-corrected chi connectivity index (χ0v) is 29.0. The zero-order valence-electron chi connectivity index (χ0n) is 24.4. The van der Waals surface area contributed by atoms with Crippen LogP contribution in [-0.4, -0.2) is 21.6 Å². The monoisotopic (exact) mass is 732 g/mol. The summed E-state index contributed by atoms with van der Waals surface area (Å²) in [6.45, 7) is 3.56. The highest BCUT2D eigenvalue weighted by Crippen LogP contribution is 2.38. The Bertz CT molecular complexity index is 1450. The summed E-state index contributed by atoms with van der Waals surface area (Å²) in [7, 11) is 0. The molecule has 0 unspecified atom stereocenters. The average Bonchev–Trinajstić information content (AvgIpc) is 3.21. The summed E-state index contributed by atoms with van der Waals surface area (Å²) in [6.07, 6.45) is 13.7. The molecule has 0 fully saturated rings. The van der Waals surface area contributed by atoms with Crippen molar-refractivity contribution in [3.8, 4) is 5.69 Å². The molecule has 3 aromatic rings. The number of carbonyl (C=O) groups excluding carboxylic acids is 2. The molecule has 3 rings (SSSR count). The molecule has 0 saturated carbocycles. The number of nitrogens with zero attached hydrogens (tertiary/aromatic N) is 2. The number of unbranched alkanes of at least 4 members (excludes halogenated alkanes) is 10. The van der Waals surface area contributed by atoms with Gasteiger partial charge in [-0.25, -0.2) is 4.68 Å². The van der Waals surface area contributed by atoms with Crippen LogP contribution in [0.1, 0.15) is 90.9 Å². The van der Waals surface area contributed by atoms with Crippen molar-refractivity contribution in [3.05, 3.63) is 65.2 Å². The smallest absolute Gasteiger partial charge is 0.287 e. The lowest BCUT2D eigenvalue weighted by Crippen LogP contribution is -2.24. The van der Waals surface area contributed by atoms with Gasteiger partial charge in [0.25, 0.3) is 5.56 Å². The molecule has 7 nitrogen and oxygen atoms in total. The van der Waals surface area contributed by atoms with E-state index in [9.17, 15) is 14.4 Å². The Hall–Kier alpha value is -1.97. The van der Waals surface area contributed by atoms with Crippen molar-refractivity contribution in [1.82, 2.24) is 9.78 Å². The van der Waals surface area contributed by atoms with Crippen LogP contribution in [0.25, 0.3) is 5.69 Å². The summed E-state index contributed by atoms with van der Waals surface area (Å²) >= 11 is 28.5. The number of aromatic amines is 1. The molecule has 1 aromatic heterocycles. The lowest BCUT2D eigenvalue weighted by molar-refractivity contribution is -0.116. The molecule has 234 valence electrons. The minimum atomic E-state index is -0.542. The number of H-pyrrole nitrogens is 1. The number of hydrogen-bond donors (Lipinski definition) is 2. The highest BCUT2D eigenvalue weighted by atomic mass is 79.9. The fourth-order valence-electron chi connectivity index (χ4n) is 4.84. The topological polar surface area (TPSA) is 87.2 Å². The lowest BCUT2D eigenvalue weighted by atomic mass is 10.1. The number of rotatable bonds is 16. The minimum Gasteiger partial charge on any atom is -0.326 e. The van der Waals surface area contributed by atoms with E-state index in [4.69, 9.17) is 46.4 Å². The van der Waals surface area contributed by atoms with E-state index < -0.39 is 11.5 Å². The van der Waals surface area contributed by atoms with Gasteiger partial charge in [0.2, 0.25) is 11.8 Å². The molecular weight excluding hydrogens is 698 g/mol. The SMILES string of the molecule is CCCCCCCCCCCCCC(=O)Nc1ccc(Cl)c(N(C(C)=O)c2[nH]n(-c3c(Cl)cc(Cl)cc3Cl)c(=O)c2Br)c1. The molecule has 0 aliphatic carbocycles. The predicted octanol–water partition coefficient (Wildman–Crippen LogP) is 10.9. The van der Waals surface area contributed by atoms with Crippen molar-refractivity contribution in [2.75, 3.05) is 10.2 Å².